The fraction of sp³-hybridized carbons (Fsp3) is 0.500. The first-order valence-electron chi connectivity index (χ1n) is 6.99. The molecule has 1 aromatic rings. The number of carboxylic acids is 1. The highest BCUT2D eigenvalue weighted by Gasteiger charge is 2.37. The molecule has 0 atom stereocenters. The van der Waals surface area contributed by atoms with Crippen LogP contribution in [0.4, 0.5) is 0 Å². The summed E-state index contributed by atoms with van der Waals surface area (Å²) in [6, 6.07) is 7.30. The summed E-state index contributed by atoms with van der Waals surface area (Å²) in [6.45, 7) is 6.00. The monoisotopic (exact) mass is 292 g/mol. The summed E-state index contributed by atoms with van der Waals surface area (Å²) in [5.74, 6) is -1.27. The molecule has 0 spiro atoms. The van der Waals surface area contributed by atoms with Crippen LogP contribution >= 0.6 is 0 Å². The Kier molecular flexibility index (Phi) is 5.49. The molecule has 0 aromatic heterocycles. The number of carboxylic acid groups (broad SMARTS) is 1. The number of hydrogen-bond acceptors (Lipinski definition) is 3. The Morgan fingerprint density at radius 2 is 1.67 bits per heavy atom. The maximum absolute atomic E-state index is 12.5. The zero-order valence-electron chi connectivity index (χ0n) is 13.4. The van der Waals surface area contributed by atoms with Gasteiger partial charge in [0, 0.05) is 18.7 Å². The molecule has 0 saturated heterocycles. The lowest BCUT2D eigenvalue weighted by atomic mass is 10.0. The van der Waals surface area contributed by atoms with Crippen LogP contribution in [0, 0.1) is 0 Å². The molecule has 5 heteroatoms. The third kappa shape index (κ3) is 4.04. The molecule has 0 aliphatic heterocycles. The van der Waals surface area contributed by atoms with Gasteiger partial charge in [0.25, 0.3) is 5.91 Å². The van der Waals surface area contributed by atoms with Crippen molar-refractivity contribution < 1.29 is 14.7 Å². The highest BCUT2D eigenvalue weighted by Crippen LogP contribution is 2.18. The molecule has 1 N–H and O–H groups in total. The Morgan fingerprint density at radius 1 is 1.14 bits per heavy atom. The van der Waals surface area contributed by atoms with Crippen molar-refractivity contribution in [2.75, 3.05) is 20.6 Å². The van der Waals surface area contributed by atoms with Crippen molar-refractivity contribution in [2.45, 2.75) is 32.9 Å². The third-order valence-electron chi connectivity index (χ3n) is 3.46. The lowest BCUT2D eigenvalue weighted by Gasteiger charge is -2.34. The van der Waals surface area contributed by atoms with E-state index in [9.17, 15) is 14.7 Å². The normalized spacial score (nSPS) is 11.5. The quantitative estimate of drug-likeness (QED) is 0.872. The molecule has 0 saturated carbocycles. The summed E-state index contributed by atoms with van der Waals surface area (Å²) in [4.78, 5) is 27.3. The Hall–Kier alpha value is -1.88. The molecule has 0 fully saturated rings. The summed E-state index contributed by atoms with van der Waals surface area (Å²) >= 11 is 0. The minimum Gasteiger partial charge on any atom is -0.480 e. The highest BCUT2D eigenvalue weighted by molar-refractivity contribution is 5.97. The van der Waals surface area contributed by atoms with E-state index in [0.717, 1.165) is 12.1 Å². The molecule has 0 aliphatic carbocycles. The number of hydrogen-bond donors (Lipinski definition) is 1. The maximum atomic E-state index is 12.5. The van der Waals surface area contributed by atoms with Gasteiger partial charge in [-0.15, -0.1) is 0 Å². The number of carbonyl (C=O) groups excluding carboxylic acids is 1. The van der Waals surface area contributed by atoms with E-state index in [4.69, 9.17) is 0 Å². The van der Waals surface area contributed by atoms with Crippen LogP contribution in [0.3, 0.4) is 0 Å². The molecule has 21 heavy (non-hydrogen) atoms. The van der Waals surface area contributed by atoms with Crippen LogP contribution < -0.4 is 0 Å². The van der Waals surface area contributed by atoms with Crippen LogP contribution in [0.15, 0.2) is 24.3 Å². The van der Waals surface area contributed by atoms with Gasteiger partial charge in [0.1, 0.15) is 5.54 Å². The first-order chi connectivity index (χ1) is 9.70. The molecular formula is C16H24N2O3. The molecule has 0 unspecified atom stereocenters. The van der Waals surface area contributed by atoms with E-state index in [-0.39, 0.29) is 5.91 Å². The van der Waals surface area contributed by atoms with Crippen molar-refractivity contribution in [2.24, 2.45) is 0 Å². The molecule has 116 valence electrons. The summed E-state index contributed by atoms with van der Waals surface area (Å²) in [5, 5.41) is 9.28. The van der Waals surface area contributed by atoms with E-state index in [0.29, 0.717) is 12.1 Å². The first kappa shape index (κ1) is 17.2. The summed E-state index contributed by atoms with van der Waals surface area (Å²) in [7, 11) is 3.96. The maximum Gasteiger partial charge on any atom is 0.329 e. The molecule has 0 aliphatic rings. The molecule has 1 rings (SSSR count). The lowest BCUT2D eigenvalue weighted by Crippen LogP contribution is -2.52. The zero-order valence-corrected chi connectivity index (χ0v) is 13.4. The SMILES string of the molecule is CCN(C(=O)c1ccc(CN(C)C)cc1)C(C)(C)C(=O)O. The van der Waals surface area contributed by atoms with Gasteiger partial charge in [0.05, 0.1) is 0 Å². The number of carbonyl (C=O) groups is 2. The van der Waals surface area contributed by atoms with Gasteiger partial charge in [-0.25, -0.2) is 4.79 Å². The van der Waals surface area contributed by atoms with E-state index in [1.54, 1.807) is 19.1 Å². The van der Waals surface area contributed by atoms with E-state index < -0.39 is 11.5 Å². The third-order valence-corrected chi connectivity index (χ3v) is 3.46. The second-order valence-electron chi connectivity index (χ2n) is 5.85. The predicted octanol–water partition coefficient (Wildman–Crippen LogP) is 2.07. The standard InChI is InChI=1S/C16H24N2O3/c1-6-18(16(2,3)15(20)21)14(19)13-9-7-12(8-10-13)11-17(4)5/h7-10H,6,11H2,1-5H3,(H,20,21). The number of amides is 1. The van der Waals surface area contributed by atoms with Crippen molar-refractivity contribution >= 4 is 11.9 Å². The largest absolute Gasteiger partial charge is 0.480 e. The van der Waals surface area contributed by atoms with Crippen LogP contribution in [0.25, 0.3) is 0 Å². The van der Waals surface area contributed by atoms with E-state index in [2.05, 4.69) is 0 Å². The molecule has 0 radical (unpaired) electrons. The van der Waals surface area contributed by atoms with Crippen molar-refractivity contribution in [3.8, 4) is 0 Å². The Morgan fingerprint density at radius 3 is 2.05 bits per heavy atom. The van der Waals surface area contributed by atoms with Crippen LogP contribution in [0.1, 0.15) is 36.7 Å². The van der Waals surface area contributed by atoms with Gasteiger partial charge in [-0.2, -0.15) is 0 Å². The predicted molar refractivity (Wildman–Crippen MR) is 82.3 cm³/mol. The van der Waals surface area contributed by atoms with E-state index in [1.165, 1.54) is 18.7 Å². The smallest absolute Gasteiger partial charge is 0.329 e. The fourth-order valence-corrected chi connectivity index (χ4v) is 2.18. The Bertz CT molecular complexity index is 507. The zero-order chi connectivity index (χ0) is 16.2. The van der Waals surface area contributed by atoms with Gasteiger partial charge >= 0.3 is 5.97 Å². The summed E-state index contributed by atoms with van der Waals surface area (Å²) in [5.41, 5.74) is 0.388. The van der Waals surface area contributed by atoms with Crippen LogP contribution in [-0.2, 0) is 11.3 Å². The minimum atomic E-state index is -1.23. The Balaban J connectivity index is 2.98. The lowest BCUT2D eigenvalue weighted by molar-refractivity contribution is -0.147. The average Bonchev–Trinajstić information content (AvgIpc) is 2.39. The van der Waals surface area contributed by atoms with Gasteiger partial charge in [0.15, 0.2) is 0 Å². The van der Waals surface area contributed by atoms with Gasteiger partial charge in [-0.3, -0.25) is 4.79 Å². The molecule has 5 nitrogen and oxygen atoms in total. The van der Waals surface area contributed by atoms with Crippen LogP contribution in [0.2, 0.25) is 0 Å². The molecule has 1 amide bonds. The molecule has 0 heterocycles. The highest BCUT2D eigenvalue weighted by atomic mass is 16.4. The Labute approximate surface area is 126 Å². The van der Waals surface area contributed by atoms with E-state index in [1.807, 2.05) is 31.1 Å². The van der Waals surface area contributed by atoms with Gasteiger partial charge in [-0.05, 0) is 52.6 Å². The second kappa shape index (κ2) is 6.72. The fourth-order valence-electron chi connectivity index (χ4n) is 2.18. The number of likely N-dealkylation sites (N-methyl/N-ethyl adjacent to an activating group) is 1. The van der Waals surface area contributed by atoms with Crippen molar-refractivity contribution in [3.05, 3.63) is 35.4 Å². The van der Waals surface area contributed by atoms with Crippen molar-refractivity contribution in [1.82, 2.24) is 9.80 Å². The van der Waals surface area contributed by atoms with Crippen LogP contribution in [0.5, 0.6) is 0 Å². The summed E-state index contributed by atoms with van der Waals surface area (Å²) < 4.78 is 0. The van der Waals surface area contributed by atoms with Crippen LogP contribution in [-0.4, -0.2) is 53.0 Å². The van der Waals surface area contributed by atoms with E-state index >= 15 is 0 Å². The number of benzene rings is 1. The topological polar surface area (TPSA) is 60.9 Å². The second-order valence-corrected chi connectivity index (χ2v) is 5.85. The minimum absolute atomic E-state index is 0.263. The molecular weight excluding hydrogens is 268 g/mol. The van der Waals surface area contributed by atoms with Gasteiger partial charge < -0.3 is 14.9 Å². The average molecular weight is 292 g/mol. The molecule has 1 aromatic carbocycles. The first-order valence-corrected chi connectivity index (χ1v) is 6.99. The van der Waals surface area contributed by atoms with Gasteiger partial charge in [-0.1, -0.05) is 12.1 Å². The number of rotatable bonds is 6. The summed E-state index contributed by atoms with van der Waals surface area (Å²) in [6.07, 6.45) is 0. The number of nitrogens with zero attached hydrogens (tertiary/aromatic N) is 2. The van der Waals surface area contributed by atoms with Gasteiger partial charge in [0.2, 0.25) is 0 Å². The number of aliphatic carboxylic acids is 1. The van der Waals surface area contributed by atoms with Crippen molar-refractivity contribution in [3.63, 3.8) is 0 Å². The molecule has 0 bridgehead atoms. The van der Waals surface area contributed by atoms with Crippen molar-refractivity contribution in [1.29, 1.82) is 0 Å².